The Bertz CT molecular complexity index is 370. The van der Waals surface area contributed by atoms with E-state index < -0.39 is 0 Å². The molecule has 2 bridgehead atoms. The predicted molar refractivity (Wildman–Crippen MR) is 74.2 cm³/mol. The van der Waals surface area contributed by atoms with Crippen molar-refractivity contribution in [1.82, 2.24) is 0 Å². The molecule has 1 heteroatoms. The van der Waals surface area contributed by atoms with Gasteiger partial charge in [0.2, 0.25) is 0 Å². The fraction of sp³-hybridized carbons (Fsp3) is 0.941. The minimum Gasteiger partial charge on any atom is -0.299 e. The van der Waals surface area contributed by atoms with Crippen LogP contribution in [0.4, 0.5) is 0 Å². The normalized spacial score (nSPS) is 50.8. The molecule has 3 aliphatic rings. The topological polar surface area (TPSA) is 17.1 Å². The Kier molecular flexibility index (Phi) is 2.70. The van der Waals surface area contributed by atoms with Crippen LogP contribution in [0.1, 0.15) is 66.2 Å². The summed E-state index contributed by atoms with van der Waals surface area (Å²) in [7, 11) is 0. The number of carbonyl (C=O) groups is 1. The molecule has 0 saturated heterocycles. The molecule has 0 spiro atoms. The summed E-state index contributed by atoms with van der Waals surface area (Å²) in [5.41, 5.74) is 1.07. The van der Waals surface area contributed by atoms with Crippen molar-refractivity contribution in [1.29, 1.82) is 0 Å². The minimum absolute atomic E-state index is 0.328. The summed E-state index contributed by atoms with van der Waals surface area (Å²) in [6, 6.07) is 0. The van der Waals surface area contributed by atoms with E-state index in [-0.39, 0.29) is 0 Å². The Balaban J connectivity index is 1.81. The Labute approximate surface area is 112 Å². The van der Waals surface area contributed by atoms with Crippen molar-refractivity contribution in [2.75, 3.05) is 0 Å². The molecule has 0 radical (unpaired) electrons. The summed E-state index contributed by atoms with van der Waals surface area (Å²) in [6.45, 7) is 9.70. The van der Waals surface area contributed by atoms with E-state index in [1.54, 1.807) is 0 Å². The summed E-state index contributed by atoms with van der Waals surface area (Å²) < 4.78 is 0. The first-order valence-corrected chi connectivity index (χ1v) is 7.89. The van der Waals surface area contributed by atoms with Gasteiger partial charge >= 0.3 is 0 Å². The first-order chi connectivity index (χ1) is 8.36. The molecule has 3 aliphatic carbocycles. The second-order valence-corrected chi connectivity index (χ2v) is 8.12. The van der Waals surface area contributed by atoms with Crippen LogP contribution in [0.5, 0.6) is 0 Å². The number of hydrogen-bond acceptors (Lipinski definition) is 1. The molecule has 0 aromatic rings. The molecule has 0 N–H and O–H groups in total. The maximum atomic E-state index is 11.7. The van der Waals surface area contributed by atoms with Crippen LogP contribution in [0.25, 0.3) is 0 Å². The maximum Gasteiger partial charge on any atom is 0.135 e. The van der Waals surface area contributed by atoms with Crippen molar-refractivity contribution in [3.8, 4) is 0 Å². The summed E-state index contributed by atoms with van der Waals surface area (Å²) in [4.78, 5) is 11.7. The Hall–Kier alpha value is -0.330. The highest BCUT2D eigenvalue weighted by atomic mass is 16.1. The van der Waals surface area contributed by atoms with Gasteiger partial charge in [-0.25, -0.2) is 0 Å². The third kappa shape index (κ3) is 1.48. The molecule has 5 atom stereocenters. The average molecular weight is 248 g/mol. The lowest BCUT2D eigenvalue weighted by Crippen LogP contribution is -2.38. The van der Waals surface area contributed by atoms with Gasteiger partial charge in [-0.15, -0.1) is 0 Å². The molecule has 0 heterocycles. The van der Waals surface area contributed by atoms with Gasteiger partial charge in [0.25, 0.3) is 0 Å². The Morgan fingerprint density at radius 3 is 2.33 bits per heavy atom. The van der Waals surface area contributed by atoms with Crippen LogP contribution in [-0.4, -0.2) is 5.78 Å². The monoisotopic (exact) mass is 248 g/mol. The summed E-state index contributed by atoms with van der Waals surface area (Å²) >= 11 is 0. The van der Waals surface area contributed by atoms with E-state index in [9.17, 15) is 4.79 Å². The molecule has 3 fully saturated rings. The number of carbonyl (C=O) groups excluding carboxylic acids is 1. The van der Waals surface area contributed by atoms with Crippen molar-refractivity contribution < 1.29 is 4.79 Å². The standard InChI is InChI=1S/C17H28O/c1-11-9-12(5-6-15(11)18)14-10-13-7-8-17(14,4)16(13,2)3/h11-14H,5-10H2,1-4H3/t11?,12?,13-,14+,17+/m0/s1. The number of hydrogen-bond donors (Lipinski definition) is 0. The third-order valence-corrected chi connectivity index (χ3v) is 7.40. The van der Waals surface area contributed by atoms with Crippen LogP contribution in [0.3, 0.4) is 0 Å². The second kappa shape index (κ2) is 3.84. The minimum atomic E-state index is 0.328. The molecule has 18 heavy (non-hydrogen) atoms. The summed E-state index contributed by atoms with van der Waals surface area (Å²) in [5.74, 6) is 3.50. The smallest absolute Gasteiger partial charge is 0.135 e. The zero-order valence-corrected chi connectivity index (χ0v) is 12.5. The summed E-state index contributed by atoms with van der Waals surface area (Å²) in [5, 5.41) is 0. The van der Waals surface area contributed by atoms with Crippen LogP contribution in [-0.2, 0) is 4.79 Å². The van der Waals surface area contributed by atoms with Gasteiger partial charge in [-0.05, 0) is 60.7 Å². The van der Waals surface area contributed by atoms with Gasteiger partial charge in [-0.2, -0.15) is 0 Å². The highest BCUT2D eigenvalue weighted by Gasteiger charge is 2.62. The molecular weight excluding hydrogens is 220 g/mol. The van der Waals surface area contributed by atoms with E-state index in [0.717, 1.165) is 24.2 Å². The van der Waals surface area contributed by atoms with Crippen LogP contribution >= 0.6 is 0 Å². The lowest BCUT2D eigenvalue weighted by Gasteiger charge is -2.44. The summed E-state index contributed by atoms with van der Waals surface area (Å²) in [6.07, 6.45) is 7.50. The Morgan fingerprint density at radius 2 is 1.83 bits per heavy atom. The number of ketones is 1. The van der Waals surface area contributed by atoms with Gasteiger partial charge < -0.3 is 0 Å². The fourth-order valence-electron chi connectivity index (χ4n) is 5.62. The van der Waals surface area contributed by atoms with Crippen LogP contribution in [0.2, 0.25) is 0 Å². The van der Waals surface area contributed by atoms with E-state index >= 15 is 0 Å². The zero-order chi connectivity index (χ0) is 13.1. The third-order valence-electron chi connectivity index (χ3n) is 7.40. The van der Waals surface area contributed by atoms with E-state index in [1.807, 2.05) is 0 Å². The molecule has 1 nitrogen and oxygen atoms in total. The van der Waals surface area contributed by atoms with Gasteiger partial charge in [0.15, 0.2) is 0 Å². The highest BCUT2D eigenvalue weighted by Crippen LogP contribution is 2.70. The van der Waals surface area contributed by atoms with Gasteiger partial charge in [-0.1, -0.05) is 27.7 Å². The fourth-order valence-corrected chi connectivity index (χ4v) is 5.62. The molecule has 3 saturated carbocycles. The molecule has 3 rings (SSSR count). The van der Waals surface area contributed by atoms with E-state index in [4.69, 9.17) is 0 Å². The Morgan fingerprint density at radius 1 is 1.11 bits per heavy atom. The van der Waals surface area contributed by atoms with Crippen LogP contribution in [0, 0.1) is 34.5 Å². The van der Waals surface area contributed by atoms with Gasteiger partial charge in [0.05, 0.1) is 0 Å². The van der Waals surface area contributed by atoms with Crippen molar-refractivity contribution in [2.24, 2.45) is 34.5 Å². The van der Waals surface area contributed by atoms with Gasteiger partial charge in [0.1, 0.15) is 5.78 Å². The molecule has 2 unspecified atom stereocenters. The molecule has 0 amide bonds. The first-order valence-electron chi connectivity index (χ1n) is 7.89. The van der Waals surface area contributed by atoms with E-state index in [2.05, 4.69) is 27.7 Å². The molecule has 102 valence electrons. The lowest BCUT2D eigenvalue weighted by molar-refractivity contribution is -0.126. The maximum absolute atomic E-state index is 11.7. The van der Waals surface area contributed by atoms with Gasteiger partial charge in [0, 0.05) is 12.3 Å². The molecule has 0 aromatic carbocycles. The zero-order valence-electron chi connectivity index (χ0n) is 12.5. The van der Waals surface area contributed by atoms with Crippen LogP contribution in [0.15, 0.2) is 0 Å². The number of rotatable bonds is 1. The average Bonchev–Trinajstić information content (AvgIpc) is 2.65. The molecular formula is C17H28O. The lowest BCUT2D eigenvalue weighted by atomic mass is 9.60. The quantitative estimate of drug-likeness (QED) is 0.670. The predicted octanol–water partition coefficient (Wildman–Crippen LogP) is 4.45. The second-order valence-electron chi connectivity index (χ2n) is 8.12. The SMILES string of the molecule is CC1CC([C@H]2C[C@@H]3CC[C@@]2(C)C3(C)C)CCC1=O. The van der Waals surface area contributed by atoms with Crippen molar-refractivity contribution >= 4 is 5.78 Å². The number of Topliss-reactive ketones (excluding diaryl/α,β-unsaturated/α-hetero) is 1. The van der Waals surface area contributed by atoms with Crippen molar-refractivity contribution in [2.45, 2.75) is 66.2 Å². The van der Waals surface area contributed by atoms with Crippen LogP contribution < -0.4 is 0 Å². The first kappa shape index (κ1) is 12.7. The van der Waals surface area contributed by atoms with Crippen molar-refractivity contribution in [3.63, 3.8) is 0 Å². The van der Waals surface area contributed by atoms with E-state index in [0.29, 0.717) is 22.5 Å². The van der Waals surface area contributed by atoms with Crippen molar-refractivity contribution in [3.05, 3.63) is 0 Å². The largest absolute Gasteiger partial charge is 0.299 e. The molecule has 0 aliphatic heterocycles. The molecule has 0 aromatic heterocycles. The number of fused-ring (bicyclic) bond motifs is 2. The van der Waals surface area contributed by atoms with Gasteiger partial charge in [-0.3, -0.25) is 4.79 Å². The van der Waals surface area contributed by atoms with E-state index in [1.165, 1.54) is 32.1 Å². The highest BCUT2D eigenvalue weighted by molar-refractivity contribution is 5.81.